The van der Waals surface area contributed by atoms with Crippen molar-refractivity contribution in [1.29, 1.82) is 0 Å². The molecule has 1 amide bonds. The largest absolute Gasteiger partial charge is 0.361 e. The second kappa shape index (κ2) is 6.20. The highest BCUT2D eigenvalue weighted by molar-refractivity contribution is 5.96. The zero-order valence-electron chi connectivity index (χ0n) is 10.8. The van der Waals surface area contributed by atoms with Crippen LogP contribution in [0.4, 0.5) is 0 Å². The fraction of sp³-hybridized carbons (Fsp3) is 0.667. The van der Waals surface area contributed by atoms with Gasteiger partial charge in [-0.15, -0.1) is 12.4 Å². The van der Waals surface area contributed by atoms with Gasteiger partial charge in [0.1, 0.15) is 11.3 Å². The third-order valence-corrected chi connectivity index (χ3v) is 3.39. The van der Waals surface area contributed by atoms with Crippen LogP contribution >= 0.6 is 12.4 Å². The molecule has 102 valence electrons. The highest BCUT2D eigenvalue weighted by atomic mass is 35.5. The van der Waals surface area contributed by atoms with E-state index in [1.165, 1.54) is 0 Å². The predicted molar refractivity (Wildman–Crippen MR) is 70.9 cm³/mol. The van der Waals surface area contributed by atoms with E-state index in [9.17, 15) is 4.79 Å². The Balaban J connectivity index is 0.00000162. The molecule has 0 saturated carbocycles. The van der Waals surface area contributed by atoms with E-state index in [1.54, 1.807) is 13.8 Å². The molecule has 1 unspecified atom stereocenters. The van der Waals surface area contributed by atoms with Gasteiger partial charge in [-0.05, 0) is 39.2 Å². The minimum absolute atomic E-state index is 0. The number of aryl methyl sites for hydroxylation is 2. The fourth-order valence-electron chi connectivity index (χ4n) is 2.39. The molecule has 1 saturated heterocycles. The van der Waals surface area contributed by atoms with Crippen molar-refractivity contribution in [2.75, 3.05) is 19.6 Å². The number of nitrogens with two attached hydrogens (primary N) is 1. The van der Waals surface area contributed by atoms with Crippen LogP contribution in [-0.4, -0.2) is 35.6 Å². The topological polar surface area (TPSA) is 72.4 Å². The molecule has 0 bridgehead atoms. The lowest BCUT2D eigenvalue weighted by Crippen LogP contribution is -2.42. The summed E-state index contributed by atoms with van der Waals surface area (Å²) < 4.78 is 5.04. The van der Waals surface area contributed by atoms with Crippen LogP contribution in [0.2, 0.25) is 0 Å². The lowest BCUT2D eigenvalue weighted by atomic mass is 9.97. The molecule has 0 spiro atoms. The number of hydrogen-bond acceptors (Lipinski definition) is 4. The molecular weight excluding hydrogens is 254 g/mol. The quantitative estimate of drug-likeness (QED) is 0.887. The van der Waals surface area contributed by atoms with E-state index in [0.717, 1.165) is 25.9 Å². The molecule has 2 N–H and O–H groups in total. The van der Waals surface area contributed by atoms with Gasteiger partial charge >= 0.3 is 0 Å². The number of rotatable bonds is 2. The van der Waals surface area contributed by atoms with Crippen LogP contribution in [-0.2, 0) is 0 Å². The maximum absolute atomic E-state index is 12.3. The molecule has 1 aromatic heterocycles. The van der Waals surface area contributed by atoms with E-state index in [4.69, 9.17) is 10.3 Å². The van der Waals surface area contributed by atoms with Gasteiger partial charge in [0.15, 0.2) is 0 Å². The Morgan fingerprint density at radius 3 is 2.83 bits per heavy atom. The zero-order chi connectivity index (χ0) is 12.4. The van der Waals surface area contributed by atoms with Crippen LogP contribution in [0.25, 0.3) is 0 Å². The van der Waals surface area contributed by atoms with E-state index in [0.29, 0.717) is 29.5 Å². The number of amides is 1. The lowest BCUT2D eigenvalue weighted by Gasteiger charge is -2.32. The highest BCUT2D eigenvalue weighted by Gasteiger charge is 2.27. The Morgan fingerprint density at radius 2 is 2.28 bits per heavy atom. The first-order chi connectivity index (χ1) is 8.13. The average molecular weight is 274 g/mol. The van der Waals surface area contributed by atoms with Gasteiger partial charge in [0, 0.05) is 13.1 Å². The standard InChI is InChI=1S/C12H19N3O2.ClH/c1-8-11(9(2)17-14-8)12(16)15-5-3-4-10(6-13)7-15;/h10H,3-7,13H2,1-2H3;1H. The molecule has 6 heteroatoms. The van der Waals surface area contributed by atoms with Crippen molar-refractivity contribution >= 4 is 18.3 Å². The van der Waals surface area contributed by atoms with Gasteiger partial charge in [-0.1, -0.05) is 5.16 Å². The van der Waals surface area contributed by atoms with Crippen LogP contribution in [0.3, 0.4) is 0 Å². The second-order valence-electron chi connectivity index (χ2n) is 4.69. The van der Waals surface area contributed by atoms with Crippen molar-refractivity contribution in [2.24, 2.45) is 11.7 Å². The first-order valence-electron chi connectivity index (χ1n) is 6.05. The van der Waals surface area contributed by atoms with Gasteiger partial charge in [0.2, 0.25) is 0 Å². The Labute approximate surface area is 113 Å². The summed E-state index contributed by atoms with van der Waals surface area (Å²) in [7, 11) is 0. The van der Waals surface area contributed by atoms with Crippen molar-refractivity contribution in [3.63, 3.8) is 0 Å². The van der Waals surface area contributed by atoms with Crippen molar-refractivity contribution < 1.29 is 9.32 Å². The third-order valence-electron chi connectivity index (χ3n) is 3.39. The number of halogens is 1. The summed E-state index contributed by atoms with van der Waals surface area (Å²) in [5.41, 5.74) is 6.96. The maximum Gasteiger partial charge on any atom is 0.259 e. The summed E-state index contributed by atoms with van der Waals surface area (Å²) in [6, 6.07) is 0. The molecule has 2 heterocycles. The number of nitrogens with zero attached hydrogens (tertiary/aromatic N) is 2. The molecule has 0 radical (unpaired) electrons. The normalized spacial score (nSPS) is 19.5. The Kier molecular flexibility index (Phi) is 5.16. The van der Waals surface area contributed by atoms with Gasteiger partial charge in [0.25, 0.3) is 5.91 Å². The molecule has 18 heavy (non-hydrogen) atoms. The second-order valence-corrected chi connectivity index (χ2v) is 4.69. The highest BCUT2D eigenvalue weighted by Crippen LogP contribution is 2.20. The van der Waals surface area contributed by atoms with Crippen LogP contribution in [0.1, 0.15) is 34.7 Å². The summed E-state index contributed by atoms with van der Waals surface area (Å²) in [6.45, 7) is 5.77. The van der Waals surface area contributed by atoms with Crippen LogP contribution in [0.5, 0.6) is 0 Å². The molecule has 1 aliphatic heterocycles. The monoisotopic (exact) mass is 273 g/mol. The third kappa shape index (κ3) is 2.84. The van der Waals surface area contributed by atoms with Gasteiger partial charge in [-0.3, -0.25) is 4.79 Å². The lowest BCUT2D eigenvalue weighted by molar-refractivity contribution is 0.0676. The molecular formula is C12H20ClN3O2. The zero-order valence-corrected chi connectivity index (χ0v) is 11.6. The summed E-state index contributed by atoms with van der Waals surface area (Å²) >= 11 is 0. The van der Waals surface area contributed by atoms with Gasteiger partial charge < -0.3 is 15.2 Å². The van der Waals surface area contributed by atoms with Gasteiger partial charge in [0.05, 0.1) is 5.69 Å². The number of aromatic nitrogens is 1. The predicted octanol–water partition coefficient (Wildman–Crippen LogP) is 1.52. The molecule has 5 nitrogen and oxygen atoms in total. The first-order valence-corrected chi connectivity index (χ1v) is 6.05. The van der Waals surface area contributed by atoms with E-state index in [2.05, 4.69) is 5.16 Å². The van der Waals surface area contributed by atoms with Crippen molar-refractivity contribution in [3.05, 3.63) is 17.0 Å². The summed E-state index contributed by atoms with van der Waals surface area (Å²) in [5, 5.41) is 3.82. The number of hydrogen-bond donors (Lipinski definition) is 1. The maximum atomic E-state index is 12.3. The fourth-order valence-corrected chi connectivity index (χ4v) is 2.39. The molecule has 0 aromatic carbocycles. The van der Waals surface area contributed by atoms with E-state index < -0.39 is 0 Å². The van der Waals surface area contributed by atoms with Crippen LogP contribution in [0, 0.1) is 19.8 Å². The van der Waals surface area contributed by atoms with Crippen molar-refractivity contribution in [2.45, 2.75) is 26.7 Å². The number of likely N-dealkylation sites (tertiary alicyclic amines) is 1. The summed E-state index contributed by atoms with van der Waals surface area (Å²) in [5.74, 6) is 1.05. The molecule has 0 aliphatic carbocycles. The van der Waals surface area contributed by atoms with E-state index in [1.807, 2.05) is 4.90 Å². The number of carbonyl (C=O) groups excluding carboxylic acids is 1. The summed E-state index contributed by atoms with van der Waals surface area (Å²) in [6.07, 6.45) is 2.14. The van der Waals surface area contributed by atoms with Crippen molar-refractivity contribution in [3.8, 4) is 0 Å². The molecule has 1 atom stereocenters. The Bertz CT molecular complexity index is 400. The molecule has 2 rings (SSSR count). The molecule has 1 aromatic rings. The Hall–Kier alpha value is -1.07. The smallest absolute Gasteiger partial charge is 0.259 e. The van der Waals surface area contributed by atoms with Gasteiger partial charge in [-0.25, -0.2) is 0 Å². The van der Waals surface area contributed by atoms with E-state index in [-0.39, 0.29) is 18.3 Å². The summed E-state index contributed by atoms with van der Waals surface area (Å²) in [4.78, 5) is 14.2. The Morgan fingerprint density at radius 1 is 1.56 bits per heavy atom. The van der Waals surface area contributed by atoms with Gasteiger partial charge in [-0.2, -0.15) is 0 Å². The minimum atomic E-state index is 0. The number of piperidine rings is 1. The van der Waals surface area contributed by atoms with Crippen LogP contribution in [0.15, 0.2) is 4.52 Å². The minimum Gasteiger partial charge on any atom is -0.361 e. The van der Waals surface area contributed by atoms with Crippen LogP contribution < -0.4 is 5.73 Å². The average Bonchev–Trinajstić information content (AvgIpc) is 2.68. The number of carbonyl (C=O) groups is 1. The SMILES string of the molecule is Cc1noc(C)c1C(=O)N1CCCC(CN)C1.Cl. The first kappa shape index (κ1) is 15.0. The molecule has 1 aliphatic rings. The molecule has 1 fully saturated rings. The van der Waals surface area contributed by atoms with E-state index >= 15 is 0 Å². The van der Waals surface area contributed by atoms with Crippen molar-refractivity contribution in [1.82, 2.24) is 10.1 Å².